The molecule has 0 aliphatic rings. The van der Waals surface area contributed by atoms with E-state index in [0.29, 0.717) is 0 Å². The molecule has 0 amide bonds. The molecule has 112 valence electrons. The molecule has 0 N–H and O–H groups in total. The zero-order chi connectivity index (χ0) is 15.3. The van der Waals surface area contributed by atoms with Crippen LogP contribution >= 0.6 is 31.9 Å². The highest BCUT2D eigenvalue weighted by Gasteiger charge is 2.22. The van der Waals surface area contributed by atoms with E-state index in [1.807, 2.05) is 60.7 Å². The first kappa shape index (κ1) is 16.7. The maximum absolute atomic E-state index is 12.3. The molecule has 0 saturated heterocycles. The Labute approximate surface area is 142 Å². The summed E-state index contributed by atoms with van der Waals surface area (Å²) in [5.41, 5.74) is 1.96. The minimum Gasteiger partial charge on any atom is -0.229 e. The molecule has 2 aromatic carbocycles. The number of sulfone groups is 1. The average Bonchev–Trinajstić information content (AvgIpc) is 2.48. The summed E-state index contributed by atoms with van der Waals surface area (Å²) in [6.45, 7) is 0. The van der Waals surface area contributed by atoms with E-state index in [4.69, 9.17) is 0 Å². The van der Waals surface area contributed by atoms with Crippen LogP contribution in [-0.4, -0.2) is 19.9 Å². The molecule has 0 aromatic heterocycles. The predicted octanol–water partition coefficient (Wildman–Crippen LogP) is 4.67. The van der Waals surface area contributed by atoms with Crippen molar-refractivity contribution < 1.29 is 8.42 Å². The summed E-state index contributed by atoms with van der Waals surface area (Å²) in [7, 11) is -3.17. The molecule has 0 fully saturated rings. The Hall–Kier alpha value is -0.650. The Balaban J connectivity index is 2.02. The quantitative estimate of drug-likeness (QED) is 0.622. The van der Waals surface area contributed by atoms with Crippen molar-refractivity contribution in [2.24, 2.45) is 0 Å². The minimum atomic E-state index is -3.17. The van der Waals surface area contributed by atoms with Gasteiger partial charge in [0.15, 0.2) is 9.84 Å². The van der Waals surface area contributed by atoms with Crippen LogP contribution in [0.4, 0.5) is 0 Å². The molecule has 0 heterocycles. The summed E-state index contributed by atoms with van der Waals surface area (Å²) < 4.78 is 24.7. The van der Waals surface area contributed by atoms with E-state index in [1.165, 1.54) is 0 Å². The second-order valence-electron chi connectivity index (χ2n) is 4.83. The smallest absolute Gasteiger partial charge is 0.153 e. The van der Waals surface area contributed by atoms with Crippen molar-refractivity contribution in [1.29, 1.82) is 0 Å². The first-order valence-electron chi connectivity index (χ1n) is 6.56. The van der Waals surface area contributed by atoms with Gasteiger partial charge in [-0.25, -0.2) is 8.42 Å². The molecule has 0 radical (unpaired) electrons. The first-order chi connectivity index (χ1) is 9.98. The Morgan fingerprint density at radius 2 is 1.05 bits per heavy atom. The van der Waals surface area contributed by atoms with Crippen LogP contribution in [0.2, 0.25) is 0 Å². The zero-order valence-electron chi connectivity index (χ0n) is 11.3. The highest BCUT2D eigenvalue weighted by Crippen LogP contribution is 2.29. The summed E-state index contributed by atoms with van der Waals surface area (Å²) in [6.07, 6.45) is 0. The normalized spacial score (nSPS) is 14.6. The van der Waals surface area contributed by atoms with Crippen molar-refractivity contribution >= 4 is 41.7 Å². The third-order valence-corrected chi connectivity index (χ3v) is 7.37. The van der Waals surface area contributed by atoms with Gasteiger partial charge in [-0.1, -0.05) is 92.5 Å². The van der Waals surface area contributed by atoms with Crippen molar-refractivity contribution in [3.8, 4) is 0 Å². The Morgan fingerprint density at radius 1 is 0.714 bits per heavy atom. The van der Waals surface area contributed by atoms with E-state index in [1.54, 1.807) is 0 Å². The molecule has 2 aromatic rings. The number of halogens is 2. The number of hydrogen-bond donors (Lipinski definition) is 0. The van der Waals surface area contributed by atoms with Gasteiger partial charge in [-0.15, -0.1) is 0 Å². The van der Waals surface area contributed by atoms with E-state index in [2.05, 4.69) is 31.9 Å². The molecule has 5 heteroatoms. The van der Waals surface area contributed by atoms with Crippen molar-refractivity contribution in [3.05, 3.63) is 71.8 Å². The molecule has 21 heavy (non-hydrogen) atoms. The van der Waals surface area contributed by atoms with E-state index in [9.17, 15) is 8.42 Å². The van der Waals surface area contributed by atoms with Crippen LogP contribution in [0.15, 0.2) is 60.7 Å². The van der Waals surface area contributed by atoms with Crippen LogP contribution in [0.3, 0.4) is 0 Å². The lowest BCUT2D eigenvalue weighted by molar-refractivity contribution is 0.594. The fourth-order valence-corrected chi connectivity index (χ4v) is 6.47. The Morgan fingerprint density at radius 3 is 1.38 bits per heavy atom. The van der Waals surface area contributed by atoms with Crippen LogP contribution < -0.4 is 0 Å². The number of alkyl halides is 2. The van der Waals surface area contributed by atoms with Crippen molar-refractivity contribution in [2.75, 3.05) is 11.5 Å². The Bertz CT molecular complexity index is 604. The molecule has 2 unspecified atom stereocenters. The maximum Gasteiger partial charge on any atom is 0.153 e. The van der Waals surface area contributed by atoms with Gasteiger partial charge in [0.2, 0.25) is 0 Å². The van der Waals surface area contributed by atoms with Gasteiger partial charge in [0.25, 0.3) is 0 Å². The molecule has 2 nitrogen and oxygen atoms in total. The Kier molecular flexibility index (Phi) is 6.02. The second kappa shape index (κ2) is 7.56. The molecule has 0 saturated carbocycles. The van der Waals surface area contributed by atoms with E-state index >= 15 is 0 Å². The summed E-state index contributed by atoms with van der Waals surface area (Å²) in [6, 6.07) is 19.2. The lowest BCUT2D eigenvalue weighted by Gasteiger charge is -2.14. The average molecular weight is 432 g/mol. The topological polar surface area (TPSA) is 34.1 Å². The lowest BCUT2D eigenvalue weighted by atomic mass is 10.2. The zero-order valence-corrected chi connectivity index (χ0v) is 15.3. The van der Waals surface area contributed by atoms with Crippen LogP contribution in [0.5, 0.6) is 0 Å². The number of benzene rings is 2. The molecule has 0 bridgehead atoms. The summed E-state index contributed by atoms with van der Waals surface area (Å²) in [5, 5.41) is 0. The maximum atomic E-state index is 12.3. The molecule has 0 aliphatic heterocycles. The van der Waals surface area contributed by atoms with Crippen molar-refractivity contribution in [1.82, 2.24) is 0 Å². The van der Waals surface area contributed by atoms with Crippen LogP contribution in [-0.2, 0) is 9.84 Å². The fraction of sp³-hybridized carbons (Fsp3) is 0.250. The predicted molar refractivity (Wildman–Crippen MR) is 94.9 cm³/mol. The SMILES string of the molecule is O=S(=O)(CC(Br)c1ccccc1)CC(Br)c1ccccc1. The monoisotopic (exact) mass is 430 g/mol. The summed E-state index contributed by atoms with van der Waals surface area (Å²) >= 11 is 6.95. The molecule has 2 rings (SSSR count). The third-order valence-electron chi connectivity index (χ3n) is 3.12. The van der Waals surface area contributed by atoms with Crippen molar-refractivity contribution in [2.45, 2.75) is 9.65 Å². The summed E-state index contributed by atoms with van der Waals surface area (Å²) in [5.74, 6) is 0.178. The minimum absolute atomic E-state index is 0.0892. The van der Waals surface area contributed by atoms with Gasteiger partial charge in [-0.3, -0.25) is 0 Å². The molecular weight excluding hydrogens is 416 g/mol. The standard InChI is InChI=1S/C16H16Br2O2S/c17-15(13-7-3-1-4-8-13)11-21(19,20)12-16(18)14-9-5-2-6-10-14/h1-10,15-16H,11-12H2. The van der Waals surface area contributed by atoms with Gasteiger partial charge in [-0.05, 0) is 11.1 Å². The van der Waals surface area contributed by atoms with Gasteiger partial charge in [0.05, 0.1) is 21.2 Å². The van der Waals surface area contributed by atoms with Gasteiger partial charge in [0.1, 0.15) is 0 Å². The first-order valence-corrected chi connectivity index (χ1v) is 10.2. The van der Waals surface area contributed by atoms with Gasteiger partial charge in [-0.2, -0.15) is 0 Å². The second-order valence-corrected chi connectivity index (χ2v) is 9.20. The van der Waals surface area contributed by atoms with E-state index in [-0.39, 0.29) is 21.2 Å². The van der Waals surface area contributed by atoms with Crippen molar-refractivity contribution in [3.63, 3.8) is 0 Å². The largest absolute Gasteiger partial charge is 0.229 e. The van der Waals surface area contributed by atoms with Gasteiger partial charge >= 0.3 is 0 Å². The lowest BCUT2D eigenvalue weighted by Crippen LogP contribution is -2.17. The van der Waals surface area contributed by atoms with Gasteiger partial charge < -0.3 is 0 Å². The van der Waals surface area contributed by atoms with E-state index < -0.39 is 9.84 Å². The van der Waals surface area contributed by atoms with Crippen LogP contribution in [0.25, 0.3) is 0 Å². The molecule has 0 aliphatic carbocycles. The van der Waals surface area contributed by atoms with E-state index in [0.717, 1.165) is 11.1 Å². The van der Waals surface area contributed by atoms with Gasteiger partial charge in [0, 0.05) is 0 Å². The highest BCUT2D eigenvalue weighted by molar-refractivity contribution is 9.09. The highest BCUT2D eigenvalue weighted by atomic mass is 79.9. The third kappa shape index (κ3) is 5.24. The summed E-state index contributed by atoms with van der Waals surface area (Å²) in [4.78, 5) is -0.363. The fourth-order valence-electron chi connectivity index (χ4n) is 2.03. The number of hydrogen-bond acceptors (Lipinski definition) is 2. The van der Waals surface area contributed by atoms with Crippen LogP contribution in [0.1, 0.15) is 20.8 Å². The molecule has 2 atom stereocenters. The molecule has 0 spiro atoms. The number of rotatable bonds is 6. The molecular formula is C16H16Br2O2S. The van der Waals surface area contributed by atoms with Crippen LogP contribution in [0, 0.1) is 0 Å².